The average Bonchev–Trinajstić information content (AvgIpc) is 2.87. The van der Waals surface area contributed by atoms with E-state index in [1.807, 2.05) is 37.4 Å². The molecule has 0 aliphatic rings. The lowest BCUT2D eigenvalue weighted by Gasteiger charge is -2.17. The first-order chi connectivity index (χ1) is 10.1. The molecule has 0 bridgehead atoms. The van der Waals surface area contributed by atoms with Crippen LogP contribution >= 0.6 is 50.5 Å². The highest BCUT2D eigenvalue weighted by Gasteiger charge is 2.21. The van der Waals surface area contributed by atoms with Gasteiger partial charge in [-0.3, -0.25) is 0 Å². The minimum atomic E-state index is -0.332. The molecule has 2 rings (SSSR count). The quantitative estimate of drug-likeness (QED) is 0.522. The molecular weight excluding hydrogens is 395 g/mol. The van der Waals surface area contributed by atoms with E-state index in [9.17, 15) is 0 Å². The van der Waals surface area contributed by atoms with Crippen molar-refractivity contribution in [2.24, 2.45) is 0 Å². The monoisotopic (exact) mass is 408 g/mol. The van der Waals surface area contributed by atoms with Crippen LogP contribution in [0.4, 0.5) is 0 Å². The molecule has 0 spiro atoms. The molecule has 0 N–H and O–H groups in total. The zero-order valence-corrected chi connectivity index (χ0v) is 15.6. The summed E-state index contributed by atoms with van der Waals surface area (Å²) < 4.78 is 12.1. The molecule has 1 unspecified atom stereocenters. The third-order valence-corrected chi connectivity index (χ3v) is 5.50. The SMILES string of the molecule is CCOc1cc(Br)c(C(Cl)c2sccc2Cl)cc1OCC. The van der Waals surface area contributed by atoms with Crippen molar-refractivity contribution in [3.63, 3.8) is 0 Å². The lowest BCUT2D eigenvalue weighted by molar-refractivity contribution is 0.287. The number of ether oxygens (including phenoxy) is 2. The molecule has 0 saturated heterocycles. The van der Waals surface area contributed by atoms with Crippen molar-refractivity contribution in [1.29, 1.82) is 0 Å². The van der Waals surface area contributed by atoms with Crippen molar-refractivity contribution in [1.82, 2.24) is 0 Å². The second kappa shape index (κ2) is 7.73. The van der Waals surface area contributed by atoms with Crippen LogP contribution < -0.4 is 9.47 Å². The molecule has 1 aromatic carbocycles. The molecule has 6 heteroatoms. The zero-order chi connectivity index (χ0) is 15.4. The van der Waals surface area contributed by atoms with Gasteiger partial charge in [0, 0.05) is 9.35 Å². The average molecular weight is 410 g/mol. The van der Waals surface area contributed by atoms with Crippen molar-refractivity contribution < 1.29 is 9.47 Å². The van der Waals surface area contributed by atoms with E-state index in [0.717, 1.165) is 14.9 Å². The van der Waals surface area contributed by atoms with Crippen LogP contribution in [0.3, 0.4) is 0 Å². The molecule has 0 aliphatic carbocycles. The highest BCUT2D eigenvalue weighted by atomic mass is 79.9. The molecule has 0 aliphatic heterocycles. The number of thiophene rings is 1. The summed E-state index contributed by atoms with van der Waals surface area (Å²) in [5, 5.41) is 2.28. The fourth-order valence-corrected chi connectivity index (χ4v) is 4.26. The van der Waals surface area contributed by atoms with E-state index in [-0.39, 0.29) is 5.38 Å². The van der Waals surface area contributed by atoms with Crippen LogP contribution in [0.15, 0.2) is 28.1 Å². The Bertz CT molecular complexity index is 616. The Morgan fingerprint density at radius 1 is 1.19 bits per heavy atom. The van der Waals surface area contributed by atoms with E-state index in [0.29, 0.717) is 29.7 Å². The maximum absolute atomic E-state index is 6.58. The predicted octanol–water partition coefficient (Wildman–Crippen LogP) is 6.29. The summed E-state index contributed by atoms with van der Waals surface area (Å²) >= 11 is 17.9. The van der Waals surface area contributed by atoms with E-state index in [1.54, 1.807) is 0 Å². The molecule has 0 saturated carbocycles. The first-order valence-electron chi connectivity index (χ1n) is 6.54. The van der Waals surface area contributed by atoms with Gasteiger partial charge in [0.15, 0.2) is 11.5 Å². The molecule has 1 heterocycles. The fraction of sp³-hybridized carbons (Fsp3) is 0.333. The largest absolute Gasteiger partial charge is 0.490 e. The van der Waals surface area contributed by atoms with Crippen molar-refractivity contribution in [3.8, 4) is 11.5 Å². The lowest BCUT2D eigenvalue weighted by atomic mass is 10.1. The molecule has 21 heavy (non-hydrogen) atoms. The Morgan fingerprint density at radius 3 is 2.33 bits per heavy atom. The van der Waals surface area contributed by atoms with Gasteiger partial charge < -0.3 is 9.47 Å². The number of hydrogen-bond donors (Lipinski definition) is 0. The number of halogens is 3. The van der Waals surface area contributed by atoms with E-state index in [2.05, 4.69) is 15.9 Å². The van der Waals surface area contributed by atoms with Crippen molar-refractivity contribution in [2.45, 2.75) is 19.2 Å². The Labute approximate surface area is 147 Å². The summed E-state index contributed by atoms with van der Waals surface area (Å²) in [5.41, 5.74) is 0.910. The Morgan fingerprint density at radius 2 is 1.81 bits per heavy atom. The summed E-state index contributed by atoms with van der Waals surface area (Å²) in [7, 11) is 0. The maximum Gasteiger partial charge on any atom is 0.162 e. The van der Waals surface area contributed by atoms with E-state index in [1.165, 1.54) is 11.3 Å². The summed E-state index contributed by atoms with van der Waals surface area (Å²) in [5.74, 6) is 1.40. The predicted molar refractivity (Wildman–Crippen MR) is 93.5 cm³/mol. The van der Waals surface area contributed by atoms with Crippen LogP contribution in [0.5, 0.6) is 11.5 Å². The zero-order valence-electron chi connectivity index (χ0n) is 11.7. The molecule has 0 fully saturated rings. The number of benzene rings is 1. The van der Waals surface area contributed by atoms with Gasteiger partial charge in [0.05, 0.1) is 23.6 Å². The topological polar surface area (TPSA) is 18.5 Å². The van der Waals surface area contributed by atoms with Crippen LogP contribution in [0.2, 0.25) is 5.02 Å². The molecular formula is C15H15BrCl2O2S. The second-order valence-corrected chi connectivity index (χ2v) is 6.83. The summed E-state index contributed by atoms with van der Waals surface area (Å²) in [4.78, 5) is 0.922. The molecule has 0 amide bonds. The Kier molecular flexibility index (Phi) is 6.23. The highest BCUT2D eigenvalue weighted by Crippen LogP contribution is 2.44. The summed E-state index contributed by atoms with van der Waals surface area (Å²) in [6.07, 6.45) is 0. The van der Waals surface area contributed by atoms with Gasteiger partial charge in [-0.25, -0.2) is 0 Å². The first-order valence-corrected chi connectivity index (χ1v) is 9.03. The van der Waals surface area contributed by atoms with Crippen LogP contribution in [0, 0.1) is 0 Å². The van der Waals surface area contributed by atoms with Gasteiger partial charge in [-0.05, 0) is 43.0 Å². The normalized spacial score (nSPS) is 12.2. The van der Waals surface area contributed by atoms with Gasteiger partial charge in [0.25, 0.3) is 0 Å². The fourth-order valence-electron chi connectivity index (χ4n) is 1.91. The minimum absolute atomic E-state index is 0.332. The smallest absolute Gasteiger partial charge is 0.162 e. The van der Waals surface area contributed by atoms with Crippen LogP contribution in [-0.2, 0) is 0 Å². The third kappa shape index (κ3) is 3.86. The molecule has 1 aromatic heterocycles. The number of alkyl halides is 1. The molecule has 2 aromatic rings. The molecule has 0 radical (unpaired) electrons. The number of rotatable bonds is 6. The molecule has 1 atom stereocenters. The molecule has 114 valence electrons. The van der Waals surface area contributed by atoms with Gasteiger partial charge in [-0.15, -0.1) is 22.9 Å². The first kappa shape index (κ1) is 16.9. The number of hydrogen-bond acceptors (Lipinski definition) is 3. The van der Waals surface area contributed by atoms with Crippen molar-refractivity contribution in [3.05, 3.63) is 43.5 Å². The Hall–Kier alpha value is -0.420. The van der Waals surface area contributed by atoms with Crippen LogP contribution in [0.1, 0.15) is 29.7 Å². The third-order valence-electron chi connectivity index (χ3n) is 2.81. The van der Waals surface area contributed by atoms with Gasteiger partial charge in [-0.1, -0.05) is 27.5 Å². The van der Waals surface area contributed by atoms with Gasteiger partial charge in [0.2, 0.25) is 0 Å². The second-order valence-electron chi connectivity index (χ2n) is 4.18. The Balaban J connectivity index is 2.44. The summed E-state index contributed by atoms with van der Waals surface area (Å²) in [6, 6.07) is 5.65. The van der Waals surface area contributed by atoms with Crippen LogP contribution in [0.25, 0.3) is 0 Å². The van der Waals surface area contributed by atoms with Crippen molar-refractivity contribution >= 4 is 50.5 Å². The van der Waals surface area contributed by atoms with E-state index in [4.69, 9.17) is 32.7 Å². The van der Waals surface area contributed by atoms with Crippen LogP contribution in [-0.4, -0.2) is 13.2 Å². The van der Waals surface area contributed by atoms with E-state index >= 15 is 0 Å². The minimum Gasteiger partial charge on any atom is -0.490 e. The summed E-state index contributed by atoms with van der Waals surface area (Å²) in [6.45, 7) is 5.01. The van der Waals surface area contributed by atoms with Gasteiger partial charge in [0.1, 0.15) is 0 Å². The standard InChI is InChI=1S/C15H15BrCl2O2S/c1-3-19-12-7-9(10(16)8-13(12)20-4-2)14(18)15-11(17)5-6-21-15/h5-8,14H,3-4H2,1-2H3. The van der Waals surface area contributed by atoms with Gasteiger partial charge in [-0.2, -0.15) is 0 Å². The van der Waals surface area contributed by atoms with E-state index < -0.39 is 0 Å². The lowest BCUT2D eigenvalue weighted by Crippen LogP contribution is -2.01. The molecule has 2 nitrogen and oxygen atoms in total. The van der Waals surface area contributed by atoms with Crippen molar-refractivity contribution in [2.75, 3.05) is 13.2 Å². The van der Waals surface area contributed by atoms with Gasteiger partial charge >= 0.3 is 0 Å². The maximum atomic E-state index is 6.58. The highest BCUT2D eigenvalue weighted by molar-refractivity contribution is 9.10.